The van der Waals surface area contributed by atoms with E-state index >= 15 is 0 Å². The number of aromatic nitrogens is 2. The molecule has 0 aliphatic heterocycles. The molecule has 0 aromatic carbocycles. The maximum absolute atomic E-state index is 11.7. The Balaban J connectivity index is 2.69. The summed E-state index contributed by atoms with van der Waals surface area (Å²) in [5.41, 5.74) is 5.23. The molecular formula is C8H14N4O4S2. The molecule has 10 heteroatoms. The number of nitrogens with two attached hydrogens (primary N) is 1. The number of sulfone groups is 1. The number of rotatable bonds is 6. The summed E-state index contributed by atoms with van der Waals surface area (Å²) in [5.74, 6) is -0.319. The molecule has 3 N–H and O–H groups in total. The first kappa shape index (κ1) is 14.8. The Labute approximate surface area is 106 Å². The first-order chi connectivity index (χ1) is 8.27. The normalized spacial score (nSPS) is 12.5. The predicted molar refractivity (Wildman–Crippen MR) is 66.0 cm³/mol. The fourth-order valence-corrected chi connectivity index (χ4v) is 2.78. The van der Waals surface area contributed by atoms with E-state index in [1.807, 2.05) is 0 Å². The predicted octanol–water partition coefficient (Wildman–Crippen LogP) is -1.23. The Bertz CT molecular complexity index is 594. The van der Waals surface area contributed by atoms with Gasteiger partial charge in [0.2, 0.25) is 16.0 Å². The first-order valence-corrected chi connectivity index (χ1v) is 8.35. The van der Waals surface area contributed by atoms with Crippen LogP contribution in [0, 0.1) is 0 Å². The van der Waals surface area contributed by atoms with Crippen LogP contribution in [0.3, 0.4) is 0 Å². The first-order valence-electron chi connectivity index (χ1n) is 5.04. The molecule has 0 amide bonds. The van der Waals surface area contributed by atoms with Gasteiger partial charge in [-0.2, -0.15) is 0 Å². The lowest BCUT2D eigenvalue weighted by molar-refractivity contribution is 0.580. The summed E-state index contributed by atoms with van der Waals surface area (Å²) in [5, 5.41) is 0. The van der Waals surface area contributed by atoms with Crippen LogP contribution in [0.4, 0.5) is 5.95 Å². The van der Waals surface area contributed by atoms with Crippen molar-refractivity contribution in [2.45, 2.75) is 11.8 Å². The zero-order valence-corrected chi connectivity index (χ0v) is 11.3. The van der Waals surface area contributed by atoms with E-state index < -0.39 is 19.9 Å². The maximum Gasteiger partial charge on any atom is 0.243 e. The molecule has 0 bridgehead atoms. The van der Waals surface area contributed by atoms with Gasteiger partial charge in [0.1, 0.15) is 4.90 Å². The fraction of sp³-hybridized carbons (Fsp3) is 0.500. The molecule has 0 fully saturated rings. The molecule has 0 aliphatic rings. The van der Waals surface area contributed by atoms with Gasteiger partial charge in [0.15, 0.2) is 9.84 Å². The number of nitrogen functional groups attached to an aromatic ring is 1. The standard InChI is InChI=1S/C8H14N4O4S2/c1-2-17(13,14)4-3-12-18(15,16)7-5-10-8(9)11-6-7/h5-6,12H,2-4H2,1H3,(H2,9,10,11). The zero-order chi connectivity index (χ0) is 13.8. The number of hydrogen-bond acceptors (Lipinski definition) is 7. The van der Waals surface area contributed by atoms with E-state index in [1.54, 1.807) is 0 Å². The quantitative estimate of drug-likeness (QED) is 0.671. The van der Waals surface area contributed by atoms with Gasteiger partial charge in [-0.05, 0) is 0 Å². The average molecular weight is 294 g/mol. The minimum atomic E-state index is -3.80. The van der Waals surface area contributed by atoms with Crippen molar-refractivity contribution in [3.05, 3.63) is 12.4 Å². The van der Waals surface area contributed by atoms with E-state index in [-0.39, 0.29) is 28.9 Å². The molecule has 102 valence electrons. The molecule has 18 heavy (non-hydrogen) atoms. The van der Waals surface area contributed by atoms with Crippen molar-refractivity contribution in [1.29, 1.82) is 0 Å². The summed E-state index contributed by atoms with van der Waals surface area (Å²) in [6.07, 6.45) is 2.11. The van der Waals surface area contributed by atoms with Crippen LogP contribution >= 0.6 is 0 Å². The lowest BCUT2D eigenvalue weighted by Gasteiger charge is -2.06. The largest absolute Gasteiger partial charge is 0.368 e. The van der Waals surface area contributed by atoms with E-state index in [4.69, 9.17) is 5.73 Å². The van der Waals surface area contributed by atoms with Crippen molar-refractivity contribution in [2.75, 3.05) is 23.8 Å². The number of nitrogens with one attached hydrogen (secondary N) is 1. The van der Waals surface area contributed by atoms with Crippen LogP contribution in [-0.4, -0.2) is 44.9 Å². The maximum atomic E-state index is 11.7. The summed E-state index contributed by atoms with van der Waals surface area (Å²) in [7, 11) is -7.01. The van der Waals surface area contributed by atoms with Crippen LogP contribution < -0.4 is 10.5 Å². The van der Waals surface area contributed by atoms with Crippen LogP contribution in [0.2, 0.25) is 0 Å². The SMILES string of the molecule is CCS(=O)(=O)CCNS(=O)(=O)c1cnc(N)nc1. The molecule has 1 aromatic rings. The minimum Gasteiger partial charge on any atom is -0.368 e. The topological polar surface area (TPSA) is 132 Å². The van der Waals surface area contributed by atoms with Crippen molar-refractivity contribution in [3.63, 3.8) is 0 Å². The minimum absolute atomic E-state index is 0.0281. The van der Waals surface area contributed by atoms with Gasteiger partial charge in [0, 0.05) is 12.3 Å². The highest BCUT2D eigenvalue weighted by molar-refractivity contribution is 7.91. The highest BCUT2D eigenvalue weighted by Crippen LogP contribution is 2.05. The second-order valence-electron chi connectivity index (χ2n) is 3.41. The van der Waals surface area contributed by atoms with Crippen LogP contribution in [0.15, 0.2) is 17.3 Å². The van der Waals surface area contributed by atoms with Crippen molar-refractivity contribution in [1.82, 2.24) is 14.7 Å². The van der Waals surface area contributed by atoms with E-state index in [0.717, 1.165) is 12.4 Å². The fourth-order valence-electron chi connectivity index (χ4n) is 1.02. The van der Waals surface area contributed by atoms with Crippen LogP contribution in [0.1, 0.15) is 6.92 Å². The van der Waals surface area contributed by atoms with Gasteiger partial charge in [-0.15, -0.1) is 0 Å². The smallest absolute Gasteiger partial charge is 0.243 e. The number of hydrogen-bond donors (Lipinski definition) is 2. The second-order valence-corrected chi connectivity index (χ2v) is 7.65. The summed E-state index contributed by atoms with van der Waals surface area (Å²) in [4.78, 5) is 6.93. The Morgan fingerprint density at radius 1 is 1.22 bits per heavy atom. The average Bonchev–Trinajstić information content (AvgIpc) is 2.29. The molecule has 0 unspecified atom stereocenters. The number of sulfonamides is 1. The molecule has 1 rings (SSSR count). The van der Waals surface area contributed by atoms with Gasteiger partial charge < -0.3 is 5.73 Å². The molecule has 1 aromatic heterocycles. The lowest BCUT2D eigenvalue weighted by atomic mass is 10.7. The molecule has 0 aliphatic carbocycles. The molecule has 0 spiro atoms. The van der Waals surface area contributed by atoms with E-state index in [9.17, 15) is 16.8 Å². The Morgan fingerprint density at radius 2 is 1.78 bits per heavy atom. The van der Waals surface area contributed by atoms with Gasteiger partial charge in [-0.25, -0.2) is 31.5 Å². The molecule has 0 saturated heterocycles. The second kappa shape index (κ2) is 5.59. The summed E-state index contributed by atoms with van der Waals surface area (Å²) in [6.45, 7) is 1.31. The third kappa shape index (κ3) is 4.20. The Kier molecular flexibility index (Phi) is 4.59. The van der Waals surface area contributed by atoms with E-state index in [0.29, 0.717) is 0 Å². The van der Waals surface area contributed by atoms with Crippen molar-refractivity contribution in [2.24, 2.45) is 0 Å². The Morgan fingerprint density at radius 3 is 2.28 bits per heavy atom. The monoisotopic (exact) mass is 294 g/mol. The number of nitrogens with zero attached hydrogens (tertiary/aromatic N) is 2. The molecule has 0 atom stereocenters. The van der Waals surface area contributed by atoms with Gasteiger partial charge in [-0.1, -0.05) is 6.92 Å². The summed E-state index contributed by atoms with van der Waals surface area (Å²) < 4.78 is 47.9. The van der Waals surface area contributed by atoms with Crippen LogP contribution in [0.25, 0.3) is 0 Å². The van der Waals surface area contributed by atoms with E-state index in [1.165, 1.54) is 6.92 Å². The molecule has 0 saturated carbocycles. The van der Waals surface area contributed by atoms with Gasteiger partial charge >= 0.3 is 0 Å². The van der Waals surface area contributed by atoms with Crippen LogP contribution in [0.5, 0.6) is 0 Å². The summed E-state index contributed by atoms with van der Waals surface area (Å²) in [6, 6.07) is 0. The third-order valence-electron chi connectivity index (χ3n) is 2.10. The van der Waals surface area contributed by atoms with E-state index in [2.05, 4.69) is 14.7 Å². The highest BCUT2D eigenvalue weighted by atomic mass is 32.2. The number of anilines is 1. The van der Waals surface area contributed by atoms with Crippen molar-refractivity contribution in [3.8, 4) is 0 Å². The van der Waals surface area contributed by atoms with Crippen LogP contribution in [-0.2, 0) is 19.9 Å². The lowest BCUT2D eigenvalue weighted by Crippen LogP contribution is -2.29. The van der Waals surface area contributed by atoms with Gasteiger partial charge in [0.05, 0.1) is 18.1 Å². The van der Waals surface area contributed by atoms with Crippen molar-refractivity contribution < 1.29 is 16.8 Å². The van der Waals surface area contributed by atoms with Crippen molar-refractivity contribution >= 4 is 25.8 Å². The molecule has 0 radical (unpaired) electrons. The summed E-state index contributed by atoms with van der Waals surface area (Å²) >= 11 is 0. The molecule has 8 nitrogen and oxygen atoms in total. The highest BCUT2D eigenvalue weighted by Gasteiger charge is 2.16. The van der Waals surface area contributed by atoms with Gasteiger partial charge in [0.25, 0.3) is 0 Å². The Hall–Kier alpha value is -1.26. The molecule has 1 heterocycles. The van der Waals surface area contributed by atoms with Gasteiger partial charge in [-0.3, -0.25) is 0 Å². The third-order valence-corrected chi connectivity index (χ3v) is 5.22. The molecular weight excluding hydrogens is 280 g/mol. The zero-order valence-electron chi connectivity index (χ0n) is 9.70.